The maximum Gasteiger partial charge on any atom is 0.226 e. The summed E-state index contributed by atoms with van der Waals surface area (Å²) in [5, 5.41) is 11.8. The number of likely N-dealkylation sites (tertiary alicyclic amines) is 1. The van der Waals surface area contributed by atoms with Crippen molar-refractivity contribution in [3.8, 4) is 0 Å². The summed E-state index contributed by atoms with van der Waals surface area (Å²) < 4.78 is 0. The van der Waals surface area contributed by atoms with Gasteiger partial charge in [0, 0.05) is 31.5 Å². The second kappa shape index (κ2) is 5.40. The fraction of sp³-hybridized carbons (Fsp3) is 0.421. The number of nitrogens with zero attached hydrogens (tertiary/aromatic N) is 1. The molecule has 3 unspecified atom stereocenters. The molecule has 2 aromatic carbocycles. The first-order chi connectivity index (χ1) is 10.8. The predicted octanol–water partition coefficient (Wildman–Crippen LogP) is 2.78. The second-order valence-corrected chi connectivity index (χ2v) is 6.64. The third kappa shape index (κ3) is 2.30. The molecule has 0 radical (unpaired) electrons. The number of benzene rings is 2. The van der Waals surface area contributed by atoms with Crippen molar-refractivity contribution in [3.63, 3.8) is 0 Å². The van der Waals surface area contributed by atoms with E-state index in [1.165, 1.54) is 16.3 Å². The molecule has 1 saturated carbocycles. The average Bonchev–Trinajstić information content (AvgIpc) is 3.21. The van der Waals surface area contributed by atoms with Gasteiger partial charge in [-0.1, -0.05) is 42.5 Å². The largest absolute Gasteiger partial charge is 0.396 e. The van der Waals surface area contributed by atoms with Gasteiger partial charge in [-0.25, -0.2) is 0 Å². The van der Waals surface area contributed by atoms with Crippen LogP contribution in [0.2, 0.25) is 0 Å². The van der Waals surface area contributed by atoms with Crippen molar-refractivity contribution in [2.45, 2.75) is 18.8 Å². The SMILES string of the molecule is O=C(C1CC1c1cccc2ccccc12)N1CCC(CO)C1. The van der Waals surface area contributed by atoms with Crippen molar-refractivity contribution in [2.75, 3.05) is 19.7 Å². The molecule has 1 saturated heterocycles. The Kier molecular flexibility index (Phi) is 3.38. The Morgan fingerprint density at radius 1 is 1.18 bits per heavy atom. The van der Waals surface area contributed by atoms with E-state index in [9.17, 15) is 9.90 Å². The standard InChI is InChI=1S/C19H21NO2/c21-12-13-8-9-20(11-13)19(22)18-10-17(18)16-7-3-5-14-4-1-2-6-15(14)16/h1-7,13,17-18,21H,8-12H2. The van der Waals surface area contributed by atoms with Crippen molar-refractivity contribution in [1.29, 1.82) is 0 Å². The van der Waals surface area contributed by atoms with E-state index in [1.54, 1.807) is 0 Å². The third-order valence-corrected chi connectivity index (χ3v) is 5.19. The van der Waals surface area contributed by atoms with Crippen LogP contribution < -0.4 is 0 Å². The zero-order valence-corrected chi connectivity index (χ0v) is 12.6. The molecule has 3 nitrogen and oxygen atoms in total. The summed E-state index contributed by atoms with van der Waals surface area (Å²) in [6.07, 6.45) is 1.90. The molecule has 3 atom stereocenters. The van der Waals surface area contributed by atoms with Gasteiger partial charge in [-0.15, -0.1) is 0 Å². The topological polar surface area (TPSA) is 40.5 Å². The Morgan fingerprint density at radius 3 is 2.82 bits per heavy atom. The number of hydrogen-bond acceptors (Lipinski definition) is 2. The lowest BCUT2D eigenvalue weighted by Gasteiger charge is -2.16. The number of aliphatic hydroxyl groups is 1. The molecule has 4 rings (SSSR count). The van der Waals surface area contributed by atoms with Gasteiger partial charge in [-0.2, -0.15) is 0 Å². The first kappa shape index (κ1) is 13.8. The molecule has 1 N–H and O–H groups in total. The molecule has 2 aromatic rings. The lowest BCUT2D eigenvalue weighted by atomic mass is 10.00. The lowest BCUT2D eigenvalue weighted by molar-refractivity contribution is -0.131. The molecule has 0 aromatic heterocycles. The summed E-state index contributed by atoms with van der Waals surface area (Å²) in [6.45, 7) is 1.73. The van der Waals surface area contributed by atoms with Gasteiger partial charge in [0.05, 0.1) is 0 Å². The van der Waals surface area contributed by atoms with Gasteiger partial charge in [0.2, 0.25) is 5.91 Å². The molecular formula is C19H21NO2. The fourth-order valence-corrected chi connectivity index (χ4v) is 3.80. The number of carbonyl (C=O) groups is 1. The molecule has 114 valence electrons. The van der Waals surface area contributed by atoms with Gasteiger partial charge in [-0.3, -0.25) is 4.79 Å². The second-order valence-electron chi connectivity index (χ2n) is 6.64. The van der Waals surface area contributed by atoms with E-state index in [4.69, 9.17) is 0 Å². The minimum atomic E-state index is 0.142. The number of carbonyl (C=O) groups excluding carboxylic acids is 1. The molecule has 1 aliphatic heterocycles. The van der Waals surface area contributed by atoms with E-state index in [0.717, 1.165) is 25.9 Å². The Morgan fingerprint density at radius 2 is 2.00 bits per heavy atom. The molecule has 0 spiro atoms. The van der Waals surface area contributed by atoms with Crippen molar-refractivity contribution in [3.05, 3.63) is 48.0 Å². The monoisotopic (exact) mass is 295 g/mol. The van der Waals surface area contributed by atoms with E-state index in [2.05, 4.69) is 42.5 Å². The van der Waals surface area contributed by atoms with Crippen molar-refractivity contribution in [1.82, 2.24) is 4.90 Å². The number of hydrogen-bond donors (Lipinski definition) is 1. The molecule has 2 aliphatic rings. The highest BCUT2D eigenvalue weighted by Crippen LogP contribution is 2.50. The maximum atomic E-state index is 12.6. The zero-order valence-electron chi connectivity index (χ0n) is 12.6. The number of rotatable bonds is 3. The number of aliphatic hydroxyl groups excluding tert-OH is 1. The smallest absolute Gasteiger partial charge is 0.226 e. The van der Waals surface area contributed by atoms with E-state index >= 15 is 0 Å². The Bertz CT molecular complexity index is 706. The highest BCUT2D eigenvalue weighted by molar-refractivity contribution is 5.89. The number of amides is 1. The highest BCUT2D eigenvalue weighted by Gasteiger charge is 2.47. The van der Waals surface area contributed by atoms with Gasteiger partial charge >= 0.3 is 0 Å². The van der Waals surface area contributed by atoms with E-state index in [1.807, 2.05) is 4.90 Å². The van der Waals surface area contributed by atoms with Crippen LogP contribution in [0.3, 0.4) is 0 Å². The first-order valence-electron chi connectivity index (χ1n) is 8.15. The molecular weight excluding hydrogens is 274 g/mol. The molecule has 1 heterocycles. The average molecular weight is 295 g/mol. The highest BCUT2D eigenvalue weighted by atomic mass is 16.3. The Hall–Kier alpha value is -1.87. The van der Waals surface area contributed by atoms with E-state index in [0.29, 0.717) is 5.92 Å². The fourth-order valence-electron chi connectivity index (χ4n) is 3.80. The summed E-state index contributed by atoms with van der Waals surface area (Å²) >= 11 is 0. The van der Waals surface area contributed by atoms with Gasteiger partial charge < -0.3 is 10.0 Å². The van der Waals surface area contributed by atoms with Crippen molar-refractivity contribution in [2.24, 2.45) is 11.8 Å². The molecule has 0 bridgehead atoms. The van der Waals surface area contributed by atoms with Crippen LogP contribution in [0.5, 0.6) is 0 Å². The van der Waals surface area contributed by atoms with Crippen LogP contribution in [0.1, 0.15) is 24.3 Å². The molecule has 1 amide bonds. The Balaban J connectivity index is 1.53. The quantitative estimate of drug-likeness (QED) is 0.946. The van der Waals surface area contributed by atoms with E-state index < -0.39 is 0 Å². The molecule has 2 fully saturated rings. The summed E-state index contributed by atoms with van der Waals surface area (Å²) in [7, 11) is 0. The normalized spacial score (nSPS) is 27.3. The summed E-state index contributed by atoms with van der Waals surface area (Å²) in [4.78, 5) is 14.6. The molecule has 3 heteroatoms. The summed E-state index contributed by atoms with van der Waals surface area (Å²) in [6, 6.07) is 14.8. The van der Waals surface area contributed by atoms with Gasteiger partial charge in [0.1, 0.15) is 0 Å². The van der Waals surface area contributed by atoms with Crippen molar-refractivity contribution >= 4 is 16.7 Å². The Labute approximate surface area is 130 Å². The zero-order chi connectivity index (χ0) is 15.1. The maximum absolute atomic E-state index is 12.6. The lowest BCUT2D eigenvalue weighted by Crippen LogP contribution is -2.30. The minimum Gasteiger partial charge on any atom is -0.396 e. The summed E-state index contributed by atoms with van der Waals surface area (Å²) in [5.74, 6) is 1.07. The van der Waals surface area contributed by atoms with Crippen LogP contribution >= 0.6 is 0 Å². The van der Waals surface area contributed by atoms with Crippen LogP contribution in [0.25, 0.3) is 10.8 Å². The third-order valence-electron chi connectivity index (χ3n) is 5.19. The van der Waals surface area contributed by atoms with Gasteiger partial charge in [0.25, 0.3) is 0 Å². The van der Waals surface area contributed by atoms with Gasteiger partial charge in [-0.05, 0) is 35.1 Å². The van der Waals surface area contributed by atoms with Crippen LogP contribution in [0, 0.1) is 11.8 Å². The first-order valence-corrected chi connectivity index (χ1v) is 8.15. The summed E-state index contributed by atoms with van der Waals surface area (Å²) in [5.41, 5.74) is 1.31. The van der Waals surface area contributed by atoms with Crippen LogP contribution in [0.4, 0.5) is 0 Å². The molecule has 1 aliphatic carbocycles. The van der Waals surface area contributed by atoms with Crippen molar-refractivity contribution < 1.29 is 9.90 Å². The van der Waals surface area contributed by atoms with E-state index in [-0.39, 0.29) is 24.3 Å². The van der Waals surface area contributed by atoms with Crippen LogP contribution in [-0.2, 0) is 4.79 Å². The number of fused-ring (bicyclic) bond motifs is 1. The molecule has 22 heavy (non-hydrogen) atoms. The van der Waals surface area contributed by atoms with Crippen LogP contribution in [0.15, 0.2) is 42.5 Å². The van der Waals surface area contributed by atoms with Crippen LogP contribution in [-0.4, -0.2) is 35.6 Å². The van der Waals surface area contributed by atoms with Gasteiger partial charge in [0.15, 0.2) is 0 Å². The predicted molar refractivity (Wildman–Crippen MR) is 86.6 cm³/mol. The minimum absolute atomic E-state index is 0.142.